The molecule has 0 aromatic heterocycles. The van der Waals surface area contributed by atoms with Crippen LogP contribution in [0.1, 0.15) is 32.8 Å². The van der Waals surface area contributed by atoms with Gasteiger partial charge in [0, 0.05) is 13.3 Å². The monoisotopic (exact) mass is 336 g/mol. The lowest BCUT2D eigenvalue weighted by atomic mass is 9.97. The first-order valence-corrected chi connectivity index (χ1v) is 7.82. The Morgan fingerprint density at radius 3 is 2.17 bits per heavy atom. The zero-order valence-electron chi connectivity index (χ0n) is 14.1. The zero-order valence-corrected chi connectivity index (χ0v) is 14.1. The van der Waals surface area contributed by atoms with E-state index in [1.807, 2.05) is 13.8 Å². The molecule has 0 unspecified atom stereocenters. The molecule has 7 heteroatoms. The summed E-state index contributed by atoms with van der Waals surface area (Å²) in [6, 6.07) is 4.19. The highest BCUT2D eigenvalue weighted by molar-refractivity contribution is 5.90. The summed E-state index contributed by atoms with van der Waals surface area (Å²) in [4.78, 5) is 35.1. The number of carbonyl (C=O) groups is 3. The van der Waals surface area contributed by atoms with E-state index < -0.39 is 24.0 Å². The highest BCUT2D eigenvalue weighted by Crippen LogP contribution is 2.13. The van der Waals surface area contributed by atoms with E-state index in [1.165, 1.54) is 19.1 Å². The van der Waals surface area contributed by atoms with Crippen LogP contribution in [0.4, 0.5) is 0 Å². The number of phenols is 1. The summed E-state index contributed by atoms with van der Waals surface area (Å²) in [6.45, 7) is 5.02. The molecule has 1 aromatic rings. The fraction of sp³-hybridized carbons (Fsp3) is 0.471. The second kappa shape index (κ2) is 8.90. The molecule has 132 valence electrons. The number of benzene rings is 1. The van der Waals surface area contributed by atoms with Crippen molar-refractivity contribution in [2.24, 2.45) is 5.92 Å². The van der Waals surface area contributed by atoms with Crippen LogP contribution in [0.3, 0.4) is 0 Å². The van der Waals surface area contributed by atoms with Crippen molar-refractivity contribution in [1.82, 2.24) is 10.6 Å². The maximum absolute atomic E-state index is 12.4. The van der Waals surface area contributed by atoms with Gasteiger partial charge in [0.15, 0.2) is 0 Å². The van der Waals surface area contributed by atoms with Crippen LogP contribution in [0.25, 0.3) is 0 Å². The molecule has 1 rings (SSSR count). The predicted molar refractivity (Wildman–Crippen MR) is 88.4 cm³/mol. The van der Waals surface area contributed by atoms with Gasteiger partial charge in [-0.2, -0.15) is 0 Å². The standard InChI is InChI=1S/C17H24N2O5/c1-4-10(2)15(18-11(3)20)16(22)19-14(17(23)24)9-12-5-7-13(21)8-6-12/h5-8,10,14-15,21H,4,9H2,1-3H3,(H,18,20)(H,19,22)(H,23,24)/t10-,14-,15-/m0/s1. The number of aromatic hydroxyl groups is 1. The van der Waals surface area contributed by atoms with Gasteiger partial charge < -0.3 is 20.8 Å². The summed E-state index contributed by atoms with van der Waals surface area (Å²) in [5, 5.41) is 23.7. The number of phenolic OH excluding ortho intramolecular Hbond substituents is 1. The molecule has 0 heterocycles. The minimum atomic E-state index is -1.16. The Hall–Kier alpha value is -2.57. The molecule has 0 aliphatic heterocycles. The van der Waals surface area contributed by atoms with Crippen LogP contribution in [0.2, 0.25) is 0 Å². The van der Waals surface area contributed by atoms with E-state index in [0.717, 1.165) is 0 Å². The van der Waals surface area contributed by atoms with Crippen molar-refractivity contribution in [2.45, 2.75) is 45.7 Å². The first-order chi connectivity index (χ1) is 11.2. The van der Waals surface area contributed by atoms with E-state index in [2.05, 4.69) is 10.6 Å². The number of carbonyl (C=O) groups excluding carboxylic acids is 2. The number of rotatable bonds is 8. The molecule has 24 heavy (non-hydrogen) atoms. The second-order valence-electron chi connectivity index (χ2n) is 5.83. The first kappa shape index (κ1) is 19.5. The van der Waals surface area contributed by atoms with Crippen LogP contribution >= 0.6 is 0 Å². The summed E-state index contributed by atoms with van der Waals surface area (Å²) >= 11 is 0. The van der Waals surface area contributed by atoms with E-state index >= 15 is 0 Å². The third-order valence-electron chi connectivity index (χ3n) is 3.84. The quantitative estimate of drug-likeness (QED) is 0.566. The maximum Gasteiger partial charge on any atom is 0.326 e. The smallest absolute Gasteiger partial charge is 0.326 e. The van der Waals surface area contributed by atoms with Crippen molar-refractivity contribution in [3.05, 3.63) is 29.8 Å². The van der Waals surface area contributed by atoms with E-state index in [0.29, 0.717) is 12.0 Å². The molecular formula is C17H24N2O5. The molecule has 4 N–H and O–H groups in total. The van der Waals surface area contributed by atoms with Crippen LogP contribution in [0.15, 0.2) is 24.3 Å². The van der Waals surface area contributed by atoms with Gasteiger partial charge in [0.1, 0.15) is 17.8 Å². The van der Waals surface area contributed by atoms with Crippen molar-refractivity contribution in [2.75, 3.05) is 0 Å². The van der Waals surface area contributed by atoms with Gasteiger partial charge in [-0.05, 0) is 23.6 Å². The minimum absolute atomic E-state index is 0.0780. The third kappa shape index (κ3) is 5.91. The van der Waals surface area contributed by atoms with Gasteiger partial charge in [-0.25, -0.2) is 4.79 Å². The molecule has 0 aliphatic rings. The molecular weight excluding hydrogens is 312 g/mol. The van der Waals surface area contributed by atoms with Crippen molar-refractivity contribution < 1.29 is 24.6 Å². The molecule has 7 nitrogen and oxygen atoms in total. The van der Waals surface area contributed by atoms with E-state index in [9.17, 15) is 24.6 Å². The number of aliphatic carboxylic acids is 1. The van der Waals surface area contributed by atoms with E-state index in [1.54, 1.807) is 12.1 Å². The maximum atomic E-state index is 12.4. The third-order valence-corrected chi connectivity index (χ3v) is 3.84. The normalized spacial score (nSPS) is 14.3. The lowest BCUT2D eigenvalue weighted by Crippen LogP contribution is -2.54. The molecule has 0 fully saturated rings. The summed E-state index contributed by atoms with van der Waals surface area (Å²) in [5.41, 5.74) is 0.667. The van der Waals surface area contributed by atoms with Crippen molar-refractivity contribution >= 4 is 17.8 Å². The average Bonchev–Trinajstić information content (AvgIpc) is 2.52. The Balaban J connectivity index is 2.85. The molecule has 1 aromatic carbocycles. The first-order valence-electron chi connectivity index (χ1n) is 7.82. The average molecular weight is 336 g/mol. The molecule has 3 atom stereocenters. The van der Waals surface area contributed by atoms with E-state index in [4.69, 9.17) is 0 Å². The van der Waals surface area contributed by atoms with Crippen LogP contribution < -0.4 is 10.6 Å². The molecule has 2 amide bonds. The number of hydrogen-bond acceptors (Lipinski definition) is 4. The Kier molecular flexibility index (Phi) is 7.23. The van der Waals surface area contributed by atoms with Crippen LogP contribution in [0.5, 0.6) is 5.75 Å². The van der Waals surface area contributed by atoms with Crippen LogP contribution in [-0.2, 0) is 20.8 Å². The second-order valence-corrected chi connectivity index (χ2v) is 5.83. The lowest BCUT2D eigenvalue weighted by molar-refractivity contribution is -0.142. The van der Waals surface area contributed by atoms with Gasteiger partial charge in [0.05, 0.1) is 0 Å². The largest absolute Gasteiger partial charge is 0.508 e. The minimum Gasteiger partial charge on any atom is -0.508 e. The van der Waals surface area contributed by atoms with Gasteiger partial charge in [-0.3, -0.25) is 9.59 Å². The van der Waals surface area contributed by atoms with E-state index in [-0.39, 0.29) is 24.0 Å². The molecule has 0 radical (unpaired) electrons. The number of nitrogens with one attached hydrogen (secondary N) is 2. The van der Waals surface area contributed by atoms with Crippen molar-refractivity contribution in [3.63, 3.8) is 0 Å². The highest BCUT2D eigenvalue weighted by Gasteiger charge is 2.29. The molecule has 0 saturated carbocycles. The van der Waals surface area contributed by atoms with Gasteiger partial charge >= 0.3 is 5.97 Å². The van der Waals surface area contributed by atoms with Gasteiger partial charge in [-0.1, -0.05) is 32.4 Å². The fourth-order valence-corrected chi connectivity index (χ4v) is 2.25. The molecule has 0 saturated heterocycles. The highest BCUT2D eigenvalue weighted by atomic mass is 16.4. The van der Waals surface area contributed by atoms with Crippen molar-refractivity contribution in [3.8, 4) is 5.75 Å². The molecule has 0 aliphatic carbocycles. The Morgan fingerprint density at radius 2 is 1.71 bits per heavy atom. The molecule has 0 bridgehead atoms. The van der Waals surface area contributed by atoms with Crippen LogP contribution in [-0.4, -0.2) is 40.1 Å². The predicted octanol–water partition coefficient (Wildman–Crippen LogP) is 1.05. The van der Waals surface area contributed by atoms with Gasteiger partial charge in [0.2, 0.25) is 11.8 Å². The number of carboxylic acid groups (broad SMARTS) is 1. The SMILES string of the molecule is CC[C@H](C)[C@H](NC(C)=O)C(=O)N[C@@H](Cc1ccc(O)cc1)C(=O)O. The van der Waals surface area contributed by atoms with Crippen LogP contribution in [0, 0.1) is 5.92 Å². The topological polar surface area (TPSA) is 116 Å². The number of amides is 2. The summed E-state index contributed by atoms with van der Waals surface area (Å²) in [6.07, 6.45) is 0.739. The summed E-state index contributed by atoms with van der Waals surface area (Å²) < 4.78 is 0. The van der Waals surface area contributed by atoms with Gasteiger partial charge in [0.25, 0.3) is 0 Å². The Labute approximate surface area is 141 Å². The van der Waals surface area contributed by atoms with Gasteiger partial charge in [-0.15, -0.1) is 0 Å². The molecule has 0 spiro atoms. The summed E-state index contributed by atoms with van der Waals surface area (Å²) in [5.74, 6) is -2.08. The Morgan fingerprint density at radius 1 is 1.12 bits per heavy atom. The number of carboxylic acids is 1. The van der Waals surface area contributed by atoms with Crippen molar-refractivity contribution in [1.29, 1.82) is 0 Å². The summed E-state index contributed by atoms with van der Waals surface area (Å²) in [7, 11) is 0. The fourth-order valence-electron chi connectivity index (χ4n) is 2.25. The zero-order chi connectivity index (χ0) is 18.3. The lowest BCUT2D eigenvalue weighted by Gasteiger charge is -2.25. The Bertz CT molecular complexity index is 585. The number of hydrogen-bond donors (Lipinski definition) is 4.